The van der Waals surface area contributed by atoms with Gasteiger partial charge in [0.15, 0.2) is 0 Å². The molecule has 1 aromatic rings. The summed E-state index contributed by atoms with van der Waals surface area (Å²) >= 11 is 0. The van der Waals surface area contributed by atoms with Gasteiger partial charge in [0.1, 0.15) is 0 Å². The second kappa shape index (κ2) is 7.16. The summed E-state index contributed by atoms with van der Waals surface area (Å²) in [4.78, 5) is 13.2. The van der Waals surface area contributed by atoms with Crippen LogP contribution in [0.5, 0.6) is 0 Å². The molecule has 0 saturated heterocycles. The second-order valence-electron chi connectivity index (χ2n) is 4.37. The molecule has 1 atom stereocenters. The van der Waals surface area contributed by atoms with Crippen LogP contribution in [0.15, 0.2) is 12.4 Å². The summed E-state index contributed by atoms with van der Waals surface area (Å²) in [5.74, 6) is -0.768. The van der Waals surface area contributed by atoms with E-state index in [-0.39, 0.29) is 12.5 Å². The van der Waals surface area contributed by atoms with Gasteiger partial charge in [0.2, 0.25) is 0 Å². The number of hydrogen-bond donors (Lipinski definition) is 1. The Bertz CT molecular complexity index is 372. The van der Waals surface area contributed by atoms with Gasteiger partial charge in [0.05, 0.1) is 12.6 Å². The zero-order valence-corrected chi connectivity index (χ0v) is 11.5. The number of carboxylic acids is 1. The summed E-state index contributed by atoms with van der Waals surface area (Å²) in [5, 5.41) is 13.3. The molecule has 0 amide bonds. The van der Waals surface area contributed by atoms with Crippen molar-refractivity contribution < 1.29 is 9.90 Å². The molecule has 0 bridgehead atoms. The minimum absolute atomic E-state index is 0.0805. The summed E-state index contributed by atoms with van der Waals surface area (Å²) in [6.45, 7) is 8.75. The van der Waals surface area contributed by atoms with Crippen LogP contribution in [0, 0.1) is 0 Å². The fourth-order valence-electron chi connectivity index (χ4n) is 2.19. The van der Waals surface area contributed by atoms with E-state index in [4.69, 9.17) is 5.11 Å². The van der Waals surface area contributed by atoms with Gasteiger partial charge in [-0.05, 0) is 19.5 Å². The number of nitrogens with zero attached hydrogens (tertiary/aromatic N) is 3. The third-order valence-electron chi connectivity index (χ3n) is 3.11. The molecule has 0 radical (unpaired) electrons. The highest BCUT2D eigenvalue weighted by atomic mass is 16.4. The Morgan fingerprint density at radius 1 is 1.44 bits per heavy atom. The van der Waals surface area contributed by atoms with Gasteiger partial charge in [-0.2, -0.15) is 5.10 Å². The smallest absolute Gasteiger partial charge is 0.305 e. The van der Waals surface area contributed by atoms with Gasteiger partial charge in [-0.3, -0.25) is 14.4 Å². The molecule has 5 nitrogen and oxygen atoms in total. The van der Waals surface area contributed by atoms with Gasteiger partial charge >= 0.3 is 5.97 Å². The van der Waals surface area contributed by atoms with E-state index in [9.17, 15) is 4.79 Å². The monoisotopic (exact) mass is 253 g/mol. The van der Waals surface area contributed by atoms with Crippen LogP contribution in [-0.2, 0) is 11.3 Å². The third-order valence-corrected chi connectivity index (χ3v) is 3.11. The molecule has 0 aliphatic carbocycles. The maximum atomic E-state index is 11.0. The first-order valence-corrected chi connectivity index (χ1v) is 6.60. The van der Waals surface area contributed by atoms with Crippen molar-refractivity contribution in [2.75, 3.05) is 13.1 Å². The minimum atomic E-state index is -0.768. The molecule has 0 aliphatic heterocycles. The fraction of sp³-hybridized carbons (Fsp3) is 0.692. The molecule has 1 unspecified atom stereocenters. The van der Waals surface area contributed by atoms with Crippen molar-refractivity contribution in [3.63, 3.8) is 0 Å². The Kier molecular flexibility index (Phi) is 5.85. The molecule has 18 heavy (non-hydrogen) atoms. The predicted molar refractivity (Wildman–Crippen MR) is 70.4 cm³/mol. The molecule has 1 aromatic heterocycles. The number of aromatic nitrogens is 2. The van der Waals surface area contributed by atoms with Crippen LogP contribution < -0.4 is 0 Å². The van der Waals surface area contributed by atoms with Gasteiger partial charge in [0.25, 0.3) is 0 Å². The molecule has 0 aliphatic rings. The number of hydrogen-bond acceptors (Lipinski definition) is 3. The number of rotatable bonds is 8. The Labute approximate surface area is 108 Å². The lowest BCUT2D eigenvalue weighted by molar-refractivity contribution is -0.138. The van der Waals surface area contributed by atoms with E-state index in [0.29, 0.717) is 0 Å². The molecule has 0 fully saturated rings. The van der Waals surface area contributed by atoms with Crippen molar-refractivity contribution in [3.05, 3.63) is 18.0 Å². The van der Waals surface area contributed by atoms with Crippen molar-refractivity contribution in [3.8, 4) is 0 Å². The molecule has 1 heterocycles. The van der Waals surface area contributed by atoms with E-state index < -0.39 is 5.97 Å². The number of carboxylic acid groups (broad SMARTS) is 1. The van der Waals surface area contributed by atoms with Crippen LogP contribution in [0.25, 0.3) is 0 Å². The second-order valence-corrected chi connectivity index (χ2v) is 4.37. The number of carbonyl (C=O) groups is 1. The summed E-state index contributed by atoms with van der Waals surface area (Å²) in [6, 6.07) is -0.0805. The van der Waals surface area contributed by atoms with E-state index >= 15 is 0 Å². The van der Waals surface area contributed by atoms with Crippen LogP contribution in [0.2, 0.25) is 0 Å². The summed E-state index contributed by atoms with van der Waals surface area (Å²) in [6.07, 6.45) is 4.91. The highest BCUT2D eigenvalue weighted by Crippen LogP contribution is 2.23. The van der Waals surface area contributed by atoms with E-state index in [1.807, 2.05) is 10.9 Å². The maximum absolute atomic E-state index is 11.0. The molecule has 0 spiro atoms. The van der Waals surface area contributed by atoms with Crippen LogP contribution >= 0.6 is 0 Å². The first-order chi connectivity index (χ1) is 8.62. The molecule has 5 heteroatoms. The van der Waals surface area contributed by atoms with Crippen molar-refractivity contribution in [2.24, 2.45) is 0 Å². The van der Waals surface area contributed by atoms with E-state index in [1.165, 1.54) is 0 Å². The summed E-state index contributed by atoms with van der Waals surface area (Å²) in [5.41, 5.74) is 0.995. The van der Waals surface area contributed by atoms with Gasteiger partial charge in [-0.25, -0.2) is 0 Å². The lowest BCUT2D eigenvalue weighted by Gasteiger charge is -2.27. The lowest BCUT2D eigenvalue weighted by Crippen LogP contribution is -2.30. The number of aryl methyl sites for hydroxylation is 1. The molecule has 1 rings (SSSR count). The topological polar surface area (TPSA) is 58.4 Å². The van der Waals surface area contributed by atoms with Crippen LogP contribution in [-0.4, -0.2) is 38.8 Å². The molecule has 0 saturated carbocycles. The number of aliphatic carboxylic acids is 1. The third kappa shape index (κ3) is 3.84. The van der Waals surface area contributed by atoms with Gasteiger partial charge < -0.3 is 5.11 Å². The first-order valence-electron chi connectivity index (χ1n) is 6.60. The van der Waals surface area contributed by atoms with Crippen molar-refractivity contribution >= 4 is 5.97 Å². The van der Waals surface area contributed by atoms with Crippen LogP contribution in [0.4, 0.5) is 0 Å². The Morgan fingerprint density at radius 2 is 2.11 bits per heavy atom. The van der Waals surface area contributed by atoms with E-state index in [1.54, 1.807) is 6.20 Å². The fourth-order valence-corrected chi connectivity index (χ4v) is 2.19. The highest BCUT2D eigenvalue weighted by molar-refractivity contribution is 5.67. The largest absolute Gasteiger partial charge is 0.481 e. The first kappa shape index (κ1) is 14.7. The lowest BCUT2D eigenvalue weighted by atomic mass is 10.1. The summed E-state index contributed by atoms with van der Waals surface area (Å²) < 4.78 is 1.88. The van der Waals surface area contributed by atoms with E-state index in [0.717, 1.165) is 31.6 Å². The normalized spacial score (nSPS) is 12.9. The Hall–Kier alpha value is -1.36. The zero-order chi connectivity index (χ0) is 13.5. The van der Waals surface area contributed by atoms with Crippen molar-refractivity contribution in [2.45, 2.75) is 46.2 Å². The zero-order valence-electron chi connectivity index (χ0n) is 11.5. The van der Waals surface area contributed by atoms with Crippen molar-refractivity contribution in [1.82, 2.24) is 14.7 Å². The summed E-state index contributed by atoms with van der Waals surface area (Å²) in [7, 11) is 0. The molecule has 1 N–H and O–H groups in total. The molecule has 0 aromatic carbocycles. The maximum Gasteiger partial charge on any atom is 0.305 e. The SMILES string of the molecule is CCCn1cc(C(CC(=O)O)N(CC)CC)cn1. The molecular weight excluding hydrogens is 230 g/mol. The Balaban J connectivity index is 2.89. The molecule has 102 valence electrons. The van der Waals surface area contributed by atoms with Gasteiger partial charge in [-0.1, -0.05) is 20.8 Å². The highest BCUT2D eigenvalue weighted by Gasteiger charge is 2.22. The average molecular weight is 253 g/mol. The van der Waals surface area contributed by atoms with Gasteiger partial charge in [-0.15, -0.1) is 0 Å². The molecular formula is C13H23N3O2. The van der Waals surface area contributed by atoms with Crippen LogP contribution in [0.1, 0.15) is 45.2 Å². The average Bonchev–Trinajstić information content (AvgIpc) is 2.78. The quantitative estimate of drug-likeness (QED) is 0.771. The Morgan fingerprint density at radius 3 is 2.61 bits per heavy atom. The van der Waals surface area contributed by atoms with Crippen LogP contribution in [0.3, 0.4) is 0 Å². The van der Waals surface area contributed by atoms with E-state index in [2.05, 4.69) is 30.8 Å². The minimum Gasteiger partial charge on any atom is -0.481 e. The predicted octanol–water partition coefficient (Wildman–Crippen LogP) is 2.15. The van der Waals surface area contributed by atoms with Crippen molar-refractivity contribution in [1.29, 1.82) is 0 Å². The van der Waals surface area contributed by atoms with Gasteiger partial charge in [0, 0.05) is 24.3 Å². The standard InChI is InChI=1S/C13H23N3O2/c1-4-7-16-10-11(9-14-16)12(8-13(17)18)15(5-2)6-3/h9-10,12H,4-8H2,1-3H3,(H,17,18).